The molecule has 5 nitrogen and oxygen atoms in total. The summed E-state index contributed by atoms with van der Waals surface area (Å²) in [4.78, 5) is 23.3. The number of nitrogens with one attached hydrogen (secondary N) is 1. The van der Waals surface area contributed by atoms with Crippen LogP contribution in [0.15, 0.2) is 12.4 Å². The van der Waals surface area contributed by atoms with E-state index in [0.29, 0.717) is 18.9 Å². The lowest BCUT2D eigenvalue weighted by Crippen LogP contribution is -2.34. The number of H-pyrrole nitrogens is 1. The lowest BCUT2D eigenvalue weighted by Gasteiger charge is -2.20. The molecule has 1 unspecified atom stereocenters. The number of hydrogen-bond donors (Lipinski definition) is 1. The number of imidazole rings is 1. The first kappa shape index (κ1) is 12.1. The highest BCUT2D eigenvalue weighted by molar-refractivity contribution is 5.76. The molecule has 2 heterocycles. The van der Waals surface area contributed by atoms with Crippen LogP contribution in [0.25, 0.3) is 0 Å². The third-order valence-electron chi connectivity index (χ3n) is 3.38. The normalized spacial score (nSPS) is 20.2. The Labute approximate surface area is 102 Å². The van der Waals surface area contributed by atoms with E-state index in [1.165, 1.54) is 0 Å². The van der Waals surface area contributed by atoms with Crippen molar-refractivity contribution in [2.45, 2.75) is 25.3 Å². The van der Waals surface area contributed by atoms with E-state index in [2.05, 4.69) is 29.0 Å². The Morgan fingerprint density at radius 2 is 2.47 bits per heavy atom. The maximum absolute atomic E-state index is 12.0. The van der Waals surface area contributed by atoms with Gasteiger partial charge in [-0.05, 0) is 20.5 Å². The van der Waals surface area contributed by atoms with Gasteiger partial charge in [-0.2, -0.15) is 0 Å². The third-order valence-corrected chi connectivity index (χ3v) is 3.38. The minimum atomic E-state index is 0.241. The molecule has 1 aliphatic rings. The van der Waals surface area contributed by atoms with Gasteiger partial charge in [-0.15, -0.1) is 0 Å². The molecule has 1 aromatic rings. The second-order valence-electron chi connectivity index (χ2n) is 4.78. The van der Waals surface area contributed by atoms with E-state index in [1.54, 1.807) is 12.4 Å². The van der Waals surface area contributed by atoms with Gasteiger partial charge in [0.05, 0.1) is 0 Å². The van der Waals surface area contributed by atoms with E-state index in [1.807, 2.05) is 4.90 Å². The monoisotopic (exact) mass is 236 g/mol. The molecule has 1 saturated heterocycles. The molecule has 0 aromatic carbocycles. The second-order valence-corrected chi connectivity index (χ2v) is 4.78. The number of aromatic nitrogens is 2. The quantitative estimate of drug-likeness (QED) is 0.828. The summed E-state index contributed by atoms with van der Waals surface area (Å²) in [6.45, 7) is 1.75. The van der Waals surface area contributed by atoms with Crippen LogP contribution in [0.5, 0.6) is 0 Å². The SMILES string of the molecule is CN(C)C1CCN(C(=O)CCc2ncc[nH]2)C1. The molecule has 0 bridgehead atoms. The van der Waals surface area contributed by atoms with Crippen LogP contribution in [0.1, 0.15) is 18.7 Å². The summed E-state index contributed by atoms with van der Waals surface area (Å²) in [5, 5.41) is 0. The van der Waals surface area contributed by atoms with E-state index in [4.69, 9.17) is 0 Å². The predicted molar refractivity (Wildman–Crippen MR) is 65.6 cm³/mol. The lowest BCUT2D eigenvalue weighted by molar-refractivity contribution is -0.130. The zero-order chi connectivity index (χ0) is 12.3. The Balaban J connectivity index is 1.77. The molecular weight excluding hydrogens is 216 g/mol. The number of nitrogens with zero attached hydrogens (tertiary/aromatic N) is 3. The van der Waals surface area contributed by atoms with Gasteiger partial charge in [0.1, 0.15) is 5.82 Å². The first-order chi connectivity index (χ1) is 8.16. The number of carbonyl (C=O) groups is 1. The highest BCUT2D eigenvalue weighted by Crippen LogP contribution is 2.14. The number of rotatable bonds is 4. The van der Waals surface area contributed by atoms with Crippen molar-refractivity contribution < 1.29 is 4.79 Å². The average Bonchev–Trinajstić information content (AvgIpc) is 2.96. The highest BCUT2D eigenvalue weighted by Gasteiger charge is 2.26. The number of aryl methyl sites for hydroxylation is 1. The molecule has 1 N–H and O–H groups in total. The standard InChI is InChI=1S/C12H20N4O/c1-15(2)10-5-8-16(9-10)12(17)4-3-11-13-6-7-14-11/h6-7,10H,3-5,8-9H2,1-2H3,(H,13,14). The van der Waals surface area contributed by atoms with Crippen molar-refractivity contribution in [3.05, 3.63) is 18.2 Å². The Bertz CT molecular complexity index is 361. The summed E-state index contributed by atoms with van der Waals surface area (Å²) in [6.07, 6.45) is 5.84. The van der Waals surface area contributed by atoms with Gasteiger partial charge >= 0.3 is 0 Å². The Kier molecular flexibility index (Phi) is 3.78. The first-order valence-electron chi connectivity index (χ1n) is 6.09. The maximum atomic E-state index is 12.0. The summed E-state index contributed by atoms with van der Waals surface area (Å²) in [6, 6.07) is 0.516. The maximum Gasteiger partial charge on any atom is 0.223 e. The lowest BCUT2D eigenvalue weighted by atomic mass is 10.2. The molecule has 1 fully saturated rings. The summed E-state index contributed by atoms with van der Waals surface area (Å²) < 4.78 is 0. The molecule has 5 heteroatoms. The van der Waals surface area contributed by atoms with Crippen LogP contribution in [-0.4, -0.2) is 58.9 Å². The van der Waals surface area contributed by atoms with Crippen molar-refractivity contribution in [2.24, 2.45) is 0 Å². The van der Waals surface area contributed by atoms with E-state index >= 15 is 0 Å². The van der Waals surface area contributed by atoms with Crippen LogP contribution in [0.3, 0.4) is 0 Å². The number of aromatic amines is 1. The molecule has 1 aliphatic heterocycles. The Morgan fingerprint density at radius 1 is 1.65 bits per heavy atom. The summed E-state index contributed by atoms with van der Waals surface area (Å²) >= 11 is 0. The van der Waals surface area contributed by atoms with Crippen molar-refractivity contribution >= 4 is 5.91 Å². The van der Waals surface area contributed by atoms with Crippen LogP contribution in [0.2, 0.25) is 0 Å². The zero-order valence-electron chi connectivity index (χ0n) is 10.5. The topological polar surface area (TPSA) is 52.2 Å². The van der Waals surface area contributed by atoms with Crippen LogP contribution in [0.4, 0.5) is 0 Å². The van der Waals surface area contributed by atoms with Crippen LogP contribution in [0, 0.1) is 0 Å². The summed E-state index contributed by atoms with van der Waals surface area (Å²) in [7, 11) is 4.14. The van der Waals surface area contributed by atoms with Gasteiger partial charge in [0.25, 0.3) is 0 Å². The molecule has 0 aliphatic carbocycles. The number of amides is 1. The minimum Gasteiger partial charge on any atom is -0.349 e. The Morgan fingerprint density at radius 3 is 3.06 bits per heavy atom. The third kappa shape index (κ3) is 3.06. The van der Waals surface area contributed by atoms with Crippen molar-refractivity contribution in [3.63, 3.8) is 0 Å². The fourth-order valence-electron chi connectivity index (χ4n) is 2.21. The molecule has 0 saturated carbocycles. The fraction of sp³-hybridized carbons (Fsp3) is 0.667. The largest absolute Gasteiger partial charge is 0.349 e. The number of carbonyl (C=O) groups excluding carboxylic acids is 1. The van der Waals surface area contributed by atoms with Crippen LogP contribution in [-0.2, 0) is 11.2 Å². The Hall–Kier alpha value is -1.36. The smallest absolute Gasteiger partial charge is 0.223 e. The molecule has 1 amide bonds. The van der Waals surface area contributed by atoms with Gasteiger partial charge in [-0.1, -0.05) is 0 Å². The fourth-order valence-corrected chi connectivity index (χ4v) is 2.21. The molecule has 0 spiro atoms. The first-order valence-corrected chi connectivity index (χ1v) is 6.09. The van der Waals surface area contributed by atoms with Gasteiger partial charge in [0.15, 0.2) is 0 Å². The zero-order valence-corrected chi connectivity index (χ0v) is 10.5. The number of hydrogen-bond acceptors (Lipinski definition) is 3. The molecule has 0 radical (unpaired) electrons. The highest BCUT2D eigenvalue weighted by atomic mass is 16.2. The summed E-state index contributed by atoms with van der Waals surface area (Å²) in [5.41, 5.74) is 0. The van der Waals surface area contributed by atoms with E-state index in [-0.39, 0.29) is 5.91 Å². The van der Waals surface area contributed by atoms with Crippen LogP contribution >= 0.6 is 0 Å². The van der Waals surface area contributed by atoms with Crippen molar-refractivity contribution in [1.82, 2.24) is 19.8 Å². The van der Waals surface area contributed by atoms with Gasteiger partial charge in [-0.3, -0.25) is 4.79 Å². The molecule has 17 heavy (non-hydrogen) atoms. The van der Waals surface area contributed by atoms with Gasteiger partial charge < -0.3 is 14.8 Å². The molecule has 94 valence electrons. The van der Waals surface area contributed by atoms with E-state index in [0.717, 1.165) is 25.3 Å². The van der Waals surface area contributed by atoms with Gasteiger partial charge in [0, 0.05) is 44.4 Å². The predicted octanol–water partition coefficient (Wildman–Crippen LogP) is 0.505. The van der Waals surface area contributed by atoms with Crippen LogP contribution < -0.4 is 0 Å². The van der Waals surface area contributed by atoms with Crippen molar-refractivity contribution in [3.8, 4) is 0 Å². The number of likely N-dealkylation sites (tertiary alicyclic amines) is 1. The average molecular weight is 236 g/mol. The number of likely N-dealkylation sites (N-methyl/N-ethyl adjacent to an activating group) is 1. The second kappa shape index (κ2) is 5.31. The van der Waals surface area contributed by atoms with Gasteiger partial charge in [-0.25, -0.2) is 4.98 Å². The molecule has 1 aromatic heterocycles. The van der Waals surface area contributed by atoms with Gasteiger partial charge in [0.2, 0.25) is 5.91 Å². The minimum absolute atomic E-state index is 0.241. The molecule has 2 rings (SSSR count). The summed E-state index contributed by atoms with van der Waals surface area (Å²) in [5.74, 6) is 1.13. The van der Waals surface area contributed by atoms with E-state index < -0.39 is 0 Å². The van der Waals surface area contributed by atoms with Crippen molar-refractivity contribution in [2.75, 3.05) is 27.2 Å². The molecule has 1 atom stereocenters. The van der Waals surface area contributed by atoms with E-state index in [9.17, 15) is 4.79 Å². The van der Waals surface area contributed by atoms with Crippen molar-refractivity contribution in [1.29, 1.82) is 0 Å². The molecular formula is C12H20N4O.